The zero-order valence-corrected chi connectivity index (χ0v) is 14.4. The van der Waals surface area contributed by atoms with Crippen LogP contribution >= 0.6 is 0 Å². The molecule has 26 heavy (non-hydrogen) atoms. The Morgan fingerprint density at radius 1 is 1.15 bits per heavy atom. The Kier molecular flexibility index (Phi) is 4.07. The van der Waals surface area contributed by atoms with Gasteiger partial charge in [0.15, 0.2) is 5.78 Å². The molecular weight excluding hydrogens is 333 g/mol. The van der Waals surface area contributed by atoms with Crippen molar-refractivity contribution in [2.75, 3.05) is 7.11 Å². The first-order valence-corrected chi connectivity index (χ1v) is 8.59. The van der Waals surface area contributed by atoms with Crippen LogP contribution in [0.1, 0.15) is 44.8 Å². The maximum Gasteiger partial charge on any atom is 0.337 e. The maximum absolute atomic E-state index is 13.8. The first-order chi connectivity index (χ1) is 12.6. The summed E-state index contributed by atoms with van der Waals surface area (Å²) >= 11 is 0. The van der Waals surface area contributed by atoms with Crippen LogP contribution in [0.3, 0.4) is 0 Å². The minimum absolute atomic E-state index is 0.0849. The normalized spacial score (nSPS) is 13.7. The Morgan fingerprint density at radius 2 is 1.92 bits per heavy atom. The van der Waals surface area contributed by atoms with Crippen LogP contribution < -0.4 is 0 Å². The molecule has 1 aliphatic carbocycles. The third kappa shape index (κ3) is 2.69. The molecular formula is C21H18FNO3. The van der Waals surface area contributed by atoms with Crippen molar-refractivity contribution >= 4 is 22.7 Å². The number of methoxy groups -OCH3 is 1. The first kappa shape index (κ1) is 16.5. The molecule has 4 rings (SSSR count). The molecule has 0 unspecified atom stereocenters. The Morgan fingerprint density at radius 3 is 2.65 bits per heavy atom. The van der Waals surface area contributed by atoms with Crippen molar-refractivity contribution in [1.29, 1.82) is 0 Å². The second-order valence-electron chi connectivity index (χ2n) is 6.53. The standard InChI is InChI=1S/C21H18FNO3/c1-26-21(25)14-7-5-13(6-8-14)12-23-17-10-9-15(22)11-16(17)20-18(23)3-2-4-19(20)24/h5-11H,2-4,12H2,1H3. The smallest absolute Gasteiger partial charge is 0.337 e. The number of ether oxygens (including phenoxy) is 1. The molecule has 0 radical (unpaired) electrons. The monoisotopic (exact) mass is 351 g/mol. The molecule has 3 aromatic rings. The van der Waals surface area contributed by atoms with E-state index in [0.29, 0.717) is 29.5 Å². The molecule has 5 heteroatoms. The molecule has 1 heterocycles. The summed E-state index contributed by atoms with van der Waals surface area (Å²) < 4.78 is 20.6. The highest BCUT2D eigenvalue weighted by Gasteiger charge is 2.26. The number of hydrogen-bond acceptors (Lipinski definition) is 3. The number of Topliss-reactive ketones (excluding diaryl/α,β-unsaturated/α-hetero) is 1. The zero-order chi connectivity index (χ0) is 18.3. The molecule has 2 aromatic carbocycles. The number of nitrogens with zero attached hydrogens (tertiary/aromatic N) is 1. The highest BCUT2D eigenvalue weighted by atomic mass is 19.1. The van der Waals surface area contributed by atoms with Crippen molar-refractivity contribution in [3.05, 3.63) is 70.7 Å². The lowest BCUT2D eigenvalue weighted by molar-refractivity contribution is 0.0600. The van der Waals surface area contributed by atoms with E-state index in [1.807, 2.05) is 12.1 Å². The largest absolute Gasteiger partial charge is 0.465 e. The number of rotatable bonds is 3. The van der Waals surface area contributed by atoms with Gasteiger partial charge in [0.1, 0.15) is 5.82 Å². The van der Waals surface area contributed by atoms with Gasteiger partial charge in [0.25, 0.3) is 0 Å². The van der Waals surface area contributed by atoms with Gasteiger partial charge in [0.05, 0.1) is 12.7 Å². The molecule has 4 nitrogen and oxygen atoms in total. The summed E-state index contributed by atoms with van der Waals surface area (Å²) in [4.78, 5) is 24.0. The minimum Gasteiger partial charge on any atom is -0.465 e. The fourth-order valence-electron chi connectivity index (χ4n) is 3.72. The number of fused-ring (bicyclic) bond motifs is 3. The van der Waals surface area contributed by atoms with Crippen molar-refractivity contribution in [3.8, 4) is 0 Å². The molecule has 0 spiro atoms. The van der Waals surface area contributed by atoms with Gasteiger partial charge in [-0.15, -0.1) is 0 Å². The molecule has 0 N–H and O–H groups in total. The van der Waals surface area contributed by atoms with Gasteiger partial charge in [-0.2, -0.15) is 0 Å². The zero-order valence-electron chi connectivity index (χ0n) is 14.4. The van der Waals surface area contributed by atoms with Crippen LogP contribution in [0, 0.1) is 5.82 Å². The molecule has 0 aliphatic heterocycles. The van der Waals surface area contributed by atoms with Gasteiger partial charge in [0.2, 0.25) is 0 Å². The maximum atomic E-state index is 13.8. The van der Waals surface area contributed by atoms with Crippen molar-refractivity contribution in [1.82, 2.24) is 4.57 Å². The molecule has 1 aromatic heterocycles. The average molecular weight is 351 g/mol. The van der Waals surface area contributed by atoms with Crippen molar-refractivity contribution in [2.24, 2.45) is 0 Å². The number of ketones is 1. The lowest BCUT2D eigenvalue weighted by atomic mass is 9.94. The van der Waals surface area contributed by atoms with Gasteiger partial charge < -0.3 is 9.30 Å². The molecule has 0 bridgehead atoms. The van der Waals surface area contributed by atoms with E-state index < -0.39 is 0 Å². The van der Waals surface area contributed by atoms with E-state index in [1.54, 1.807) is 18.2 Å². The molecule has 0 atom stereocenters. The van der Waals surface area contributed by atoms with Gasteiger partial charge >= 0.3 is 5.97 Å². The van der Waals surface area contributed by atoms with Gasteiger partial charge in [-0.1, -0.05) is 12.1 Å². The first-order valence-electron chi connectivity index (χ1n) is 8.59. The minimum atomic E-state index is -0.374. The Labute approximate surface area is 150 Å². The van der Waals surface area contributed by atoms with Crippen molar-refractivity contribution < 1.29 is 18.7 Å². The summed E-state index contributed by atoms with van der Waals surface area (Å²) in [5.41, 5.74) is 3.99. The van der Waals surface area contributed by atoms with Gasteiger partial charge in [0, 0.05) is 35.1 Å². The summed E-state index contributed by atoms with van der Waals surface area (Å²) in [6.45, 7) is 0.562. The van der Waals surface area contributed by atoms with Crippen LogP contribution in [-0.2, 0) is 17.7 Å². The summed E-state index contributed by atoms with van der Waals surface area (Å²) in [5.74, 6) is -0.624. The van der Waals surface area contributed by atoms with E-state index in [0.717, 1.165) is 29.6 Å². The third-order valence-corrected chi connectivity index (χ3v) is 4.95. The average Bonchev–Trinajstić information content (AvgIpc) is 2.96. The number of benzene rings is 2. The van der Waals surface area contributed by atoms with Crippen LogP contribution in [0.15, 0.2) is 42.5 Å². The van der Waals surface area contributed by atoms with Gasteiger partial charge in [-0.25, -0.2) is 9.18 Å². The number of carbonyl (C=O) groups is 2. The summed E-state index contributed by atoms with van der Waals surface area (Å²) in [6.07, 6.45) is 2.12. The Balaban J connectivity index is 1.79. The van der Waals surface area contributed by atoms with E-state index in [1.165, 1.54) is 19.2 Å². The topological polar surface area (TPSA) is 48.3 Å². The van der Waals surface area contributed by atoms with E-state index in [2.05, 4.69) is 4.57 Å². The van der Waals surface area contributed by atoms with E-state index in [-0.39, 0.29) is 17.6 Å². The fraction of sp³-hybridized carbons (Fsp3) is 0.238. The van der Waals surface area contributed by atoms with Gasteiger partial charge in [-0.3, -0.25) is 4.79 Å². The highest BCUT2D eigenvalue weighted by molar-refractivity contribution is 6.10. The molecule has 0 saturated carbocycles. The van der Waals surface area contributed by atoms with Crippen LogP contribution in [0.25, 0.3) is 10.9 Å². The second-order valence-corrected chi connectivity index (χ2v) is 6.53. The number of esters is 1. The summed E-state index contributed by atoms with van der Waals surface area (Å²) in [7, 11) is 1.35. The number of hydrogen-bond donors (Lipinski definition) is 0. The molecule has 0 saturated heterocycles. The number of halogens is 1. The quantitative estimate of drug-likeness (QED) is 0.667. The highest BCUT2D eigenvalue weighted by Crippen LogP contribution is 2.33. The van der Waals surface area contributed by atoms with Crippen LogP contribution in [0.5, 0.6) is 0 Å². The van der Waals surface area contributed by atoms with Crippen molar-refractivity contribution in [3.63, 3.8) is 0 Å². The van der Waals surface area contributed by atoms with Crippen LogP contribution in [0.4, 0.5) is 4.39 Å². The SMILES string of the molecule is COC(=O)c1ccc(Cn2c3c(c4cc(F)ccc42)C(=O)CCC3)cc1. The summed E-state index contributed by atoms with van der Waals surface area (Å²) in [5, 5.41) is 0.691. The number of carbonyl (C=O) groups excluding carboxylic acids is 2. The lowest BCUT2D eigenvalue weighted by Gasteiger charge is -2.15. The fourth-order valence-corrected chi connectivity index (χ4v) is 3.72. The van der Waals surface area contributed by atoms with E-state index in [4.69, 9.17) is 4.74 Å². The predicted octanol–water partition coefficient (Wildman–Crippen LogP) is 4.13. The third-order valence-electron chi connectivity index (χ3n) is 4.95. The second kappa shape index (κ2) is 6.41. The van der Waals surface area contributed by atoms with E-state index >= 15 is 0 Å². The van der Waals surface area contributed by atoms with E-state index in [9.17, 15) is 14.0 Å². The predicted molar refractivity (Wildman–Crippen MR) is 96.0 cm³/mol. The summed E-state index contributed by atoms with van der Waals surface area (Å²) in [6, 6.07) is 11.8. The molecule has 0 fully saturated rings. The van der Waals surface area contributed by atoms with Gasteiger partial charge in [-0.05, 0) is 48.7 Å². The molecule has 132 valence electrons. The number of aromatic nitrogens is 1. The van der Waals surface area contributed by atoms with Crippen LogP contribution in [-0.4, -0.2) is 23.4 Å². The molecule has 1 aliphatic rings. The van der Waals surface area contributed by atoms with Crippen molar-refractivity contribution in [2.45, 2.75) is 25.8 Å². The Hall–Kier alpha value is -2.95. The lowest BCUT2D eigenvalue weighted by Crippen LogP contribution is -2.13. The Bertz CT molecular complexity index is 1020. The van der Waals surface area contributed by atoms with Crippen LogP contribution in [0.2, 0.25) is 0 Å². The molecule has 0 amide bonds.